The maximum Gasteiger partial charge on any atom is 0.339 e. The summed E-state index contributed by atoms with van der Waals surface area (Å²) in [5, 5.41) is 18.7. The van der Waals surface area contributed by atoms with Crippen molar-refractivity contribution >= 4 is 11.9 Å². The van der Waals surface area contributed by atoms with E-state index >= 15 is 0 Å². The van der Waals surface area contributed by atoms with Crippen molar-refractivity contribution in [2.75, 3.05) is 27.2 Å². The van der Waals surface area contributed by atoms with Crippen molar-refractivity contribution in [1.82, 2.24) is 9.80 Å². The number of amides is 1. The Hall–Kier alpha value is -2.08. The van der Waals surface area contributed by atoms with Gasteiger partial charge in [0.15, 0.2) is 0 Å². The van der Waals surface area contributed by atoms with Crippen molar-refractivity contribution < 1.29 is 19.8 Å². The predicted molar refractivity (Wildman–Crippen MR) is 91.0 cm³/mol. The van der Waals surface area contributed by atoms with Gasteiger partial charge in [-0.05, 0) is 49.4 Å². The Kier molecular flexibility index (Phi) is 6.20. The van der Waals surface area contributed by atoms with E-state index in [1.54, 1.807) is 25.1 Å². The summed E-state index contributed by atoms with van der Waals surface area (Å²) in [5.74, 6) is -0.659. The van der Waals surface area contributed by atoms with Crippen molar-refractivity contribution in [3.05, 3.63) is 29.3 Å². The molecule has 0 unspecified atom stereocenters. The van der Waals surface area contributed by atoms with Crippen LogP contribution in [0.2, 0.25) is 0 Å². The molecule has 0 spiro atoms. The molecule has 0 bridgehead atoms. The van der Waals surface area contributed by atoms with Crippen molar-refractivity contribution in [3.8, 4) is 5.75 Å². The van der Waals surface area contributed by atoms with Crippen LogP contribution in [0.3, 0.4) is 0 Å². The summed E-state index contributed by atoms with van der Waals surface area (Å²) in [6, 6.07) is 4.74. The molecule has 1 heterocycles. The van der Waals surface area contributed by atoms with Gasteiger partial charge in [-0.2, -0.15) is 0 Å². The van der Waals surface area contributed by atoms with E-state index in [-0.39, 0.29) is 17.2 Å². The van der Waals surface area contributed by atoms with E-state index in [0.29, 0.717) is 18.9 Å². The van der Waals surface area contributed by atoms with Crippen LogP contribution in [-0.2, 0) is 11.3 Å². The molecule has 1 fully saturated rings. The van der Waals surface area contributed by atoms with Gasteiger partial charge in [-0.15, -0.1) is 0 Å². The third-order valence-corrected chi connectivity index (χ3v) is 4.57. The van der Waals surface area contributed by atoms with Crippen LogP contribution < -0.4 is 0 Å². The molecule has 0 saturated carbocycles. The molecule has 0 aliphatic carbocycles. The van der Waals surface area contributed by atoms with Gasteiger partial charge in [0.2, 0.25) is 5.91 Å². The highest BCUT2D eigenvalue weighted by Crippen LogP contribution is 2.24. The zero-order chi connectivity index (χ0) is 17.7. The molecule has 2 rings (SSSR count). The minimum Gasteiger partial charge on any atom is -0.507 e. The van der Waals surface area contributed by atoms with Crippen LogP contribution in [0.25, 0.3) is 0 Å². The number of piperidine rings is 1. The molecule has 1 saturated heterocycles. The van der Waals surface area contributed by atoms with Gasteiger partial charge in [0, 0.05) is 33.6 Å². The molecular formula is C18H26N2O4. The van der Waals surface area contributed by atoms with E-state index in [9.17, 15) is 14.7 Å². The number of carboxylic acid groups (broad SMARTS) is 1. The Morgan fingerprint density at radius 3 is 2.75 bits per heavy atom. The van der Waals surface area contributed by atoms with E-state index in [0.717, 1.165) is 37.9 Å². The summed E-state index contributed by atoms with van der Waals surface area (Å²) in [5.41, 5.74) is 0.827. The summed E-state index contributed by atoms with van der Waals surface area (Å²) >= 11 is 0. The van der Waals surface area contributed by atoms with Gasteiger partial charge in [-0.25, -0.2) is 4.79 Å². The van der Waals surface area contributed by atoms with Crippen LogP contribution in [0.1, 0.15) is 41.6 Å². The van der Waals surface area contributed by atoms with E-state index in [2.05, 4.69) is 4.90 Å². The summed E-state index contributed by atoms with van der Waals surface area (Å²) in [4.78, 5) is 26.8. The molecule has 6 nitrogen and oxygen atoms in total. The summed E-state index contributed by atoms with van der Waals surface area (Å²) < 4.78 is 0. The SMILES string of the molecule is CN(C)C(=O)CC[C@@H]1CCCN(Cc2ccc(O)c(C(=O)O)c2)C1. The maximum absolute atomic E-state index is 11.7. The van der Waals surface area contributed by atoms with Crippen molar-refractivity contribution in [3.63, 3.8) is 0 Å². The topological polar surface area (TPSA) is 81.1 Å². The average Bonchev–Trinajstić information content (AvgIpc) is 2.54. The second-order valence-corrected chi connectivity index (χ2v) is 6.73. The van der Waals surface area contributed by atoms with E-state index in [4.69, 9.17) is 5.11 Å². The number of phenols is 1. The molecule has 1 aromatic carbocycles. The van der Waals surface area contributed by atoms with Gasteiger partial charge in [-0.1, -0.05) is 6.07 Å². The zero-order valence-electron chi connectivity index (χ0n) is 14.4. The standard InChI is InChI=1S/C18H26N2O4/c1-19(2)17(22)8-6-13-4-3-9-20(11-13)12-14-5-7-16(21)15(10-14)18(23)24/h5,7,10,13,21H,3-4,6,8-9,11-12H2,1-2H3,(H,23,24)/t13-/m0/s1. The summed E-state index contributed by atoms with van der Waals surface area (Å²) in [6.45, 7) is 2.56. The minimum absolute atomic E-state index is 0.0577. The maximum atomic E-state index is 11.7. The van der Waals surface area contributed by atoms with Crippen LogP contribution in [0.5, 0.6) is 5.75 Å². The first-order valence-electron chi connectivity index (χ1n) is 8.34. The number of carboxylic acids is 1. The number of carbonyl (C=O) groups excluding carboxylic acids is 1. The smallest absolute Gasteiger partial charge is 0.339 e. The number of likely N-dealkylation sites (tertiary alicyclic amines) is 1. The van der Waals surface area contributed by atoms with Crippen LogP contribution in [0.4, 0.5) is 0 Å². The first kappa shape index (κ1) is 18.3. The van der Waals surface area contributed by atoms with Crippen LogP contribution in [0, 0.1) is 5.92 Å². The summed E-state index contributed by atoms with van der Waals surface area (Å²) in [6.07, 6.45) is 3.69. The van der Waals surface area contributed by atoms with Gasteiger partial charge in [0.05, 0.1) is 0 Å². The summed E-state index contributed by atoms with van der Waals surface area (Å²) in [7, 11) is 3.56. The molecular weight excluding hydrogens is 308 g/mol. The van der Waals surface area contributed by atoms with Gasteiger partial charge in [0.1, 0.15) is 11.3 Å². The second-order valence-electron chi connectivity index (χ2n) is 6.73. The van der Waals surface area contributed by atoms with Crippen LogP contribution >= 0.6 is 0 Å². The number of rotatable bonds is 6. The molecule has 1 atom stereocenters. The molecule has 1 aliphatic rings. The molecule has 6 heteroatoms. The quantitative estimate of drug-likeness (QED) is 0.833. The average molecular weight is 334 g/mol. The Morgan fingerprint density at radius 1 is 1.33 bits per heavy atom. The molecule has 1 amide bonds. The number of benzene rings is 1. The lowest BCUT2D eigenvalue weighted by molar-refractivity contribution is -0.129. The van der Waals surface area contributed by atoms with E-state index < -0.39 is 5.97 Å². The van der Waals surface area contributed by atoms with Gasteiger partial charge < -0.3 is 15.1 Å². The lowest BCUT2D eigenvalue weighted by Gasteiger charge is -2.33. The molecule has 0 radical (unpaired) electrons. The highest BCUT2D eigenvalue weighted by Gasteiger charge is 2.21. The number of hydrogen-bond acceptors (Lipinski definition) is 4. The largest absolute Gasteiger partial charge is 0.507 e. The zero-order valence-corrected chi connectivity index (χ0v) is 14.4. The van der Waals surface area contributed by atoms with Gasteiger partial charge >= 0.3 is 5.97 Å². The Labute approximate surface area is 142 Å². The Bertz CT molecular complexity index is 601. The van der Waals surface area contributed by atoms with Crippen LogP contribution in [-0.4, -0.2) is 59.1 Å². The normalized spacial score (nSPS) is 18.3. The van der Waals surface area contributed by atoms with Crippen molar-refractivity contribution in [1.29, 1.82) is 0 Å². The fourth-order valence-electron chi connectivity index (χ4n) is 3.19. The molecule has 1 aromatic rings. The third-order valence-electron chi connectivity index (χ3n) is 4.57. The highest BCUT2D eigenvalue weighted by atomic mass is 16.4. The lowest BCUT2D eigenvalue weighted by atomic mass is 9.93. The molecule has 2 N–H and O–H groups in total. The number of aromatic hydroxyl groups is 1. The Morgan fingerprint density at radius 2 is 2.08 bits per heavy atom. The molecule has 132 valence electrons. The second kappa shape index (κ2) is 8.15. The first-order valence-corrected chi connectivity index (χ1v) is 8.34. The van der Waals surface area contributed by atoms with Gasteiger partial charge in [0.25, 0.3) is 0 Å². The predicted octanol–water partition coefficient (Wildman–Crippen LogP) is 2.17. The van der Waals surface area contributed by atoms with Crippen LogP contribution in [0.15, 0.2) is 18.2 Å². The van der Waals surface area contributed by atoms with Gasteiger partial charge in [-0.3, -0.25) is 9.69 Å². The first-order chi connectivity index (χ1) is 11.4. The highest BCUT2D eigenvalue weighted by molar-refractivity contribution is 5.90. The number of hydrogen-bond donors (Lipinski definition) is 2. The fraction of sp³-hybridized carbons (Fsp3) is 0.556. The molecule has 24 heavy (non-hydrogen) atoms. The fourth-order valence-corrected chi connectivity index (χ4v) is 3.19. The minimum atomic E-state index is -1.12. The Balaban J connectivity index is 1.92. The van der Waals surface area contributed by atoms with E-state index in [1.165, 1.54) is 12.1 Å². The number of aromatic carboxylic acids is 1. The number of nitrogens with zero attached hydrogens (tertiary/aromatic N) is 2. The third kappa shape index (κ3) is 4.96. The lowest BCUT2D eigenvalue weighted by Crippen LogP contribution is -2.35. The molecule has 0 aromatic heterocycles. The van der Waals surface area contributed by atoms with Crippen molar-refractivity contribution in [2.45, 2.75) is 32.2 Å². The van der Waals surface area contributed by atoms with E-state index in [1.807, 2.05) is 0 Å². The molecule has 1 aliphatic heterocycles. The monoisotopic (exact) mass is 334 g/mol. The van der Waals surface area contributed by atoms with Crippen molar-refractivity contribution in [2.24, 2.45) is 5.92 Å². The number of carbonyl (C=O) groups is 2.